The maximum Gasteiger partial charge on any atom is 0.331 e. The highest BCUT2D eigenvalue weighted by Crippen LogP contribution is 2.30. The largest absolute Gasteiger partial charge is 0.334 e. The molecule has 1 aliphatic rings. The zero-order valence-electron chi connectivity index (χ0n) is 17.5. The number of hydrogen-bond donors (Lipinski definition) is 0. The molecule has 0 N–H and O–H groups in total. The van der Waals surface area contributed by atoms with Crippen LogP contribution in [0.4, 0.5) is 0 Å². The summed E-state index contributed by atoms with van der Waals surface area (Å²) >= 11 is 0. The molecule has 1 unspecified atom stereocenters. The van der Waals surface area contributed by atoms with Gasteiger partial charge in [-0.3, -0.25) is 18.7 Å². The second kappa shape index (κ2) is 9.60. The number of aromatic nitrogens is 2. The standard InChI is InChI=1S/C25H27N3O3/c29-23-15-17-26(18-20-10-4-1-5-11-20)25(31)28(23)19-24(30)27-16-9-3-8-14-22(27)21-12-6-2-7-13-21/h1-2,4-7,10-13,15,17,22H,3,8-9,14,16,18-19H2. The number of benzene rings is 2. The maximum atomic E-state index is 13.3. The Hall–Kier alpha value is -3.41. The molecule has 1 fully saturated rings. The van der Waals surface area contributed by atoms with Crippen LogP contribution in [0, 0.1) is 0 Å². The Labute approximate surface area is 181 Å². The molecule has 0 saturated carbocycles. The van der Waals surface area contributed by atoms with Crippen molar-refractivity contribution in [2.45, 2.75) is 44.8 Å². The van der Waals surface area contributed by atoms with Gasteiger partial charge in [0.15, 0.2) is 0 Å². The monoisotopic (exact) mass is 417 g/mol. The molecule has 6 nitrogen and oxygen atoms in total. The zero-order valence-corrected chi connectivity index (χ0v) is 17.5. The van der Waals surface area contributed by atoms with Crippen LogP contribution in [0.15, 0.2) is 82.5 Å². The Morgan fingerprint density at radius 3 is 2.32 bits per heavy atom. The van der Waals surface area contributed by atoms with Crippen molar-refractivity contribution in [2.75, 3.05) is 6.54 Å². The SMILES string of the molecule is O=C(Cn1c(=O)ccn(Cc2ccccc2)c1=O)N1CCCCCC1c1ccccc1. The molecule has 3 aromatic rings. The highest BCUT2D eigenvalue weighted by molar-refractivity contribution is 5.76. The van der Waals surface area contributed by atoms with E-state index in [4.69, 9.17) is 0 Å². The van der Waals surface area contributed by atoms with Gasteiger partial charge in [0.2, 0.25) is 5.91 Å². The van der Waals surface area contributed by atoms with Crippen molar-refractivity contribution in [3.8, 4) is 0 Å². The molecule has 2 aromatic carbocycles. The van der Waals surface area contributed by atoms with Gasteiger partial charge in [-0.25, -0.2) is 4.79 Å². The van der Waals surface area contributed by atoms with Gasteiger partial charge in [0.1, 0.15) is 6.54 Å². The lowest BCUT2D eigenvalue weighted by Gasteiger charge is -2.30. The Morgan fingerprint density at radius 1 is 0.871 bits per heavy atom. The summed E-state index contributed by atoms with van der Waals surface area (Å²) in [6, 6.07) is 20.9. The number of amides is 1. The Morgan fingerprint density at radius 2 is 1.58 bits per heavy atom. The first-order valence-electron chi connectivity index (χ1n) is 10.8. The van der Waals surface area contributed by atoms with Crippen molar-refractivity contribution in [1.82, 2.24) is 14.0 Å². The number of nitrogens with zero attached hydrogens (tertiary/aromatic N) is 3. The molecule has 6 heteroatoms. The highest BCUT2D eigenvalue weighted by atomic mass is 16.2. The van der Waals surface area contributed by atoms with E-state index in [9.17, 15) is 14.4 Å². The molecule has 1 saturated heterocycles. The quantitative estimate of drug-likeness (QED) is 0.640. The van der Waals surface area contributed by atoms with Crippen LogP contribution >= 0.6 is 0 Å². The summed E-state index contributed by atoms with van der Waals surface area (Å²) in [5.74, 6) is -0.188. The van der Waals surface area contributed by atoms with E-state index in [1.807, 2.05) is 65.6 Å². The fourth-order valence-corrected chi connectivity index (χ4v) is 4.26. The molecule has 0 aliphatic carbocycles. The van der Waals surface area contributed by atoms with Crippen molar-refractivity contribution in [1.29, 1.82) is 0 Å². The van der Waals surface area contributed by atoms with E-state index < -0.39 is 11.2 Å². The normalized spacial score (nSPS) is 16.6. The average Bonchev–Trinajstić information content (AvgIpc) is 3.06. The fourth-order valence-electron chi connectivity index (χ4n) is 4.26. The smallest absolute Gasteiger partial charge is 0.331 e. The minimum Gasteiger partial charge on any atom is -0.334 e. The first-order valence-corrected chi connectivity index (χ1v) is 10.8. The molecular formula is C25H27N3O3. The fraction of sp³-hybridized carbons (Fsp3) is 0.320. The van der Waals surface area contributed by atoms with E-state index in [1.165, 1.54) is 16.8 Å². The van der Waals surface area contributed by atoms with E-state index in [-0.39, 0.29) is 18.5 Å². The third kappa shape index (κ3) is 4.85. The second-order valence-corrected chi connectivity index (χ2v) is 8.00. The van der Waals surface area contributed by atoms with Gasteiger partial charge in [-0.1, -0.05) is 73.5 Å². The average molecular weight is 418 g/mol. The van der Waals surface area contributed by atoms with E-state index in [2.05, 4.69) is 0 Å². The van der Waals surface area contributed by atoms with Crippen LogP contribution in [-0.2, 0) is 17.9 Å². The summed E-state index contributed by atoms with van der Waals surface area (Å²) in [6.45, 7) is 0.749. The van der Waals surface area contributed by atoms with E-state index in [0.717, 1.165) is 41.4 Å². The van der Waals surface area contributed by atoms with Gasteiger partial charge >= 0.3 is 5.69 Å². The summed E-state index contributed by atoms with van der Waals surface area (Å²) in [5.41, 5.74) is 1.14. The Balaban J connectivity index is 1.60. The molecule has 0 radical (unpaired) electrons. The van der Waals surface area contributed by atoms with Gasteiger partial charge < -0.3 is 4.90 Å². The van der Waals surface area contributed by atoms with Crippen LogP contribution in [0.3, 0.4) is 0 Å². The third-order valence-corrected chi connectivity index (χ3v) is 5.89. The van der Waals surface area contributed by atoms with E-state index in [1.54, 1.807) is 0 Å². The zero-order chi connectivity index (χ0) is 21.6. The third-order valence-electron chi connectivity index (χ3n) is 5.89. The predicted molar refractivity (Wildman–Crippen MR) is 120 cm³/mol. The number of carbonyl (C=O) groups excluding carboxylic acids is 1. The van der Waals surface area contributed by atoms with Crippen molar-refractivity contribution >= 4 is 5.91 Å². The number of rotatable bonds is 5. The predicted octanol–water partition coefficient (Wildman–Crippen LogP) is 3.20. The van der Waals surface area contributed by atoms with Crippen molar-refractivity contribution < 1.29 is 4.79 Å². The minimum atomic E-state index is -0.462. The molecule has 1 aromatic heterocycles. The van der Waals surface area contributed by atoms with Crippen molar-refractivity contribution in [2.24, 2.45) is 0 Å². The molecule has 160 valence electrons. The van der Waals surface area contributed by atoms with Crippen molar-refractivity contribution in [3.63, 3.8) is 0 Å². The molecular weight excluding hydrogens is 390 g/mol. The van der Waals surface area contributed by atoms with Crippen LogP contribution in [-0.4, -0.2) is 26.5 Å². The summed E-state index contributed by atoms with van der Waals surface area (Å²) in [5, 5.41) is 0. The summed E-state index contributed by atoms with van der Waals surface area (Å²) in [6.07, 6.45) is 5.44. The molecule has 1 aliphatic heterocycles. The summed E-state index contributed by atoms with van der Waals surface area (Å²) in [7, 11) is 0. The Kier molecular flexibility index (Phi) is 6.46. The van der Waals surface area contributed by atoms with Gasteiger partial charge in [0, 0.05) is 18.8 Å². The maximum absolute atomic E-state index is 13.3. The lowest BCUT2D eigenvalue weighted by molar-refractivity contribution is -0.134. The van der Waals surface area contributed by atoms with Gasteiger partial charge in [-0.15, -0.1) is 0 Å². The minimum absolute atomic E-state index is 0.0258. The van der Waals surface area contributed by atoms with Crippen LogP contribution in [0.2, 0.25) is 0 Å². The van der Waals surface area contributed by atoms with Crippen LogP contribution in [0.25, 0.3) is 0 Å². The van der Waals surface area contributed by atoms with Gasteiger partial charge in [-0.2, -0.15) is 0 Å². The van der Waals surface area contributed by atoms with Crippen LogP contribution in [0.1, 0.15) is 42.9 Å². The molecule has 2 heterocycles. The lowest BCUT2D eigenvalue weighted by atomic mass is 10.0. The van der Waals surface area contributed by atoms with Gasteiger partial charge in [-0.05, 0) is 24.0 Å². The van der Waals surface area contributed by atoms with Crippen LogP contribution < -0.4 is 11.2 Å². The first-order chi connectivity index (χ1) is 15.1. The topological polar surface area (TPSA) is 64.3 Å². The van der Waals surface area contributed by atoms with E-state index >= 15 is 0 Å². The summed E-state index contributed by atoms with van der Waals surface area (Å²) in [4.78, 5) is 40.6. The first kappa shape index (κ1) is 20.8. The van der Waals surface area contributed by atoms with Crippen LogP contribution in [0.5, 0.6) is 0 Å². The highest BCUT2D eigenvalue weighted by Gasteiger charge is 2.27. The molecule has 4 rings (SSSR count). The lowest BCUT2D eigenvalue weighted by Crippen LogP contribution is -2.45. The summed E-state index contributed by atoms with van der Waals surface area (Å²) < 4.78 is 2.53. The number of carbonyl (C=O) groups is 1. The number of hydrogen-bond acceptors (Lipinski definition) is 3. The molecule has 1 amide bonds. The van der Waals surface area contributed by atoms with Gasteiger partial charge in [0.25, 0.3) is 5.56 Å². The van der Waals surface area contributed by atoms with Crippen molar-refractivity contribution in [3.05, 3.63) is 105 Å². The van der Waals surface area contributed by atoms with E-state index in [0.29, 0.717) is 13.1 Å². The molecule has 31 heavy (non-hydrogen) atoms. The van der Waals surface area contributed by atoms with Gasteiger partial charge in [0.05, 0.1) is 12.6 Å². The second-order valence-electron chi connectivity index (χ2n) is 8.00. The molecule has 0 bridgehead atoms. The Bertz CT molecular complexity index is 1140. The molecule has 1 atom stereocenters. The number of likely N-dealkylation sites (tertiary alicyclic amines) is 1. The molecule has 0 spiro atoms.